The molecule has 0 spiro atoms. The molecule has 0 fully saturated rings. The number of methoxy groups -OCH3 is 2. The molecule has 0 radical (unpaired) electrons. The summed E-state index contributed by atoms with van der Waals surface area (Å²) >= 11 is 0. The number of aryl methyl sites for hydroxylation is 1. The molecular weight excluding hydrogens is 224 g/mol. The third kappa shape index (κ3) is 6.45. The predicted octanol–water partition coefficient (Wildman–Crippen LogP) is 4.47. The smallest absolute Gasteiger partial charge is 0.126 e. The van der Waals surface area contributed by atoms with Crippen molar-refractivity contribution in [2.24, 2.45) is 0 Å². The van der Waals surface area contributed by atoms with Crippen molar-refractivity contribution in [2.75, 3.05) is 20.8 Å². The maximum atomic E-state index is 5.30. The Labute approximate surface area is 112 Å². The van der Waals surface area contributed by atoms with Crippen LogP contribution >= 0.6 is 0 Å². The van der Waals surface area contributed by atoms with E-state index >= 15 is 0 Å². The molecule has 102 valence electrons. The van der Waals surface area contributed by atoms with Gasteiger partial charge in [0, 0.05) is 19.3 Å². The Kier molecular flexibility index (Phi) is 10.1. The summed E-state index contributed by atoms with van der Waals surface area (Å²) in [6.45, 7) is 6.90. The summed E-state index contributed by atoms with van der Waals surface area (Å²) in [5, 5.41) is 0. The fourth-order valence-electron chi connectivity index (χ4n) is 1.54. The molecule has 0 bridgehead atoms. The Bertz CT molecular complexity index is 343. The first-order valence-corrected chi connectivity index (χ1v) is 6.58. The van der Waals surface area contributed by atoms with Crippen LogP contribution in [-0.2, 0) is 4.74 Å². The van der Waals surface area contributed by atoms with E-state index in [1.54, 1.807) is 14.2 Å². The van der Waals surface area contributed by atoms with Crippen LogP contribution in [0.15, 0.2) is 24.3 Å². The normalized spacial score (nSPS) is 10.1. The number of rotatable bonds is 6. The molecule has 2 heteroatoms. The van der Waals surface area contributed by atoms with Crippen molar-refractivity contribution in [2.45, 2.75) is 33.6 Å². The first-order valence-electron chi connectivity index (χ1n) is 6.58. The fourth-order valence-corrected chi connectivity index (χ4v) is 1.54. The van der Waals surface area contributed by atoms with Crippen molar-refractivity contribution in [3.63, 3.8) is 0 Å². The Morgan fingerprint density at radius 3 is 2.50 bits per heavy atom. The molecule has 0 aliphatic rings. The van der Waals surface area contributed by atoms with Crippen LogP contribution in [0.3, 0.4) is 0 Å². The van der Waals surface area contributed by atoms with Crippen LogP contribution in [-0.4, -0.2) is 20.8 Å². The SMILES string of the molecule is CC.COCCC/C=C/c1cc(C)ccc1OC. The molecular formula is C16H26O2. The van der Waals surface area contributed by atoms with E-state index < -0.39 is 0 Å². The minimum absolute atomic E-state index is 0.815. The Hall–Kier alpha value is -1.28. The van der Waals surface area contributed by atoms with Gasteiger partial charge >= 0.3 is 0 Å². The third-order valence-corrected chi connectivity index (χ3v) is 2.40. The van der Waals surface area contributed by atoms with E-state index in [0.717, 1.165) is 30.8 Å². The van der Waals surface area contributed by atoms with Crippen molar-refractivity contribution in [3.8, 4) is 5.75 Å². The lowest BCUT2D eigenvalue weighted by Crippen LogP contribution is -1.88. The van der Waals surface area contributed by atoms with E-state index in [2.05, 4.69) is 31.2 Å². The molecule has 0 aliphatic carbocycles. The van der Waals surface area contributed by atoms with E-state index in [1.165, 1.54) is 5.56 Å². The predicted molar refractivity (Wildman–Crippen MR) is 79.2 cm³/mol. The van der Waals surface area contributed by atoms with Gasteiger partial charge in [-0.3, -0.25) is 0 Å². The highest BCUT2D eigenvalue weighted by Gasteiger charge is 1.98. The summed E-state index contributed by atoms with van der Waals surface area (Å²) in [7, 11) is 3.43. The number of hydrogen-bond donors (Lipinski definition) is 0. The van der Waals surface area contributed by atoms with Crippen LogP contribution in [0.4, 0.5) is 0 Å². The zero-order valence-electron chi connectivity index (χ0n) is 12.3. The first kappa shape index (κ1) is 16.7. The topological polar surface area (TPSA) is 18.5 Å². The van der Waals surface area contributed by atoms with E-state index in [9.17, 15) is 0 Å². The summed E-state index contributed by atoms with van der Waals surface area (Å²) in [5.74, 6) is 0.925. The number of hydrogen-bond acceptors (Lipinski definition) is 2. The van der Waals surface area contributed by atoms with Crippen LogP contribution in [0.1, 0.15) is 37.8 Å². The van der Waals surface area contributed by atoms with Crippen LogP contribution < -0.4 is 4.74 Å². The van der Waals surface area contributed by atoms with Crippen molar-refractivity contribution < 1.29 is 9.47 Å². The number of benzene rings is 1. The van der Waals surface area contributed by atoms with Gasteiger partial charge in [-0.05, 0) is 31.9 Å². The standard InChI is InChI=1S/C14H20O2.C2H6/c1-12-8-9-14(16-3)13(11-12)7-5-4-6-10-15-2;1-2/h5,7-9,11H,4,6,10H2,1-3H3;1-2H3/b7-5+;. The van der Waals surface area contributed by atoms with E-state index in [0.29, 0.717) is 0 Å². The van der Waals surface area contributed by atoms with Crippen molar-refractivity contribution in [3.05, 3.63) is 35.4 Å². The molecule has 0 N–H and O–H groups in total. The minimum atomic E-state index is 0.815. The minimum Gasteiger partial charge on any atom is -0.496 e. The van der Waals surface area contributed by atoms with Gasteiger partial charge in [0.15, 0.2) is 0 Å². The number of ether oxygens (including phenoxy) is 2. The summed E-state index contributed by atoms with van der Waals surface area (Å²) in [6.07, 6.45) is 6.36. The highest BCUT2D eigenvalue weighted by atomic mass is 16.5. The Morgan fingerprint density at radius 2 is 1.89 bits per heavy atom. The molecule has 1 aromatic rings. The van der Waals surface area contributed by atoms with Gasteiger partial charge < -0.3 is 9.47 Å². The summed E-state index contributed by atoms with van der Waals surface area (Å²) in [6, 6.07) is 6.19. The Balaban J connectivity index is 0.00000137. The molecule has 1 rings (SSSR count). The van der Waals surface area contributed by atoms with Crippen molar-refractivity contribution in [1.29, 1.82) is 0 Å². The molecule has 0 heterocycles. The monoisotopic (exact) mass is 250 g/mol. The van der Waals surface area contributed by atoms with Crippen molar-refractivity contribution in [1.82, 2.24) is 0 Å². The summed E-state index contributed by atoms with van der Waals surface area (Å²) < 4.78 is 10.3. The quantitative estimate of drug-likeness (QED) is 0.693. The molecule has 18 heavy (non-hydrogen) atoms. The van der Waals surface area contributed by atoms with Gasteiger partial charge in [0.2, 0.25) is 0 Å². The molecule has 0 aliphatic heterocycles. The maximum Gasteiger partial charge on any atom is 0.126 e. The molecule has 0 aromatic heterocycles. The first-order chi connectivity index (χ1) is 8.77. The molecule has 0 unspecified atom stereocenters. The van der Waals surface area contributed by atoms with Gasteiger partial charge in [-0.2, -0.15) is 0 Å². The third-order valence-electron chi connectivity index (χ3n) is 2.40. The highest BCUT2D eigenvalue weighted by molar-refractivity contribution is 5.58. The zero-order chi connectivity index (χ0) is 13.8. The average molecular weight is 250 g/mol. The second-order valence-electron chi connectivity index (χ2n) is 3.78. The van der Waals surface area contributed by atoms with Gasteiger partial charge in [-0.15, -0.1) is 0 Å². The lowest BCUT2D eigenvalue weighted by Gasteiger charge is -2.05. The second kappa shape index (κ2) is 10.8. The second-order valence-corrected chi connectivity index (χ2v) is 3.78. The molecule has 1 aromatic carbocycles. The number of allylic oxidation sites excluding steroid dienone is 1. The van der Waals surface area contributed by atoms with Gasteiger partial charge in [0.25, 0.3) is 0 Å². The number of unbranched alkanes of at least 4 members (excludes halogenated alkanes) is 1. The van der Waals surface area contributed by atoms with Crippen LogP contribution in [0.2, 0.25) is 0 Å². The molecule has 0 amide bonds. The van der Waals surface area contributed by atoms with E-state index in [1.807, 2.05) is 19.9 Å². The fraction of sp³-hybridized carbons (Fsp3) is 0.500. The van der Waals surface area contributed by atoms with Crippen molar-refractivity contribution >= 4 is 6.08 Å². The largest absolute Gasteiger partial charge is 0.496 e. The van der Waals surface area contributed by atoms with Gasteiger partial charge in [-0.1, -0.05) is 37.6 Å². The molecule has 2 nitrogen and oxygen atoms in total. The Morgan fingerprint density at radius 1 is 1.17 bits per heavy atom. The summed E-state index contributed by atoms with van der Waals surface area (Å²) in [5.41, 5.74) is 2.39. The average Bonchev–Trinajstić information content (AvgIpc) is 2.41. The van der Waals surface area contributed by atoms with E-state index in [4.69, 9.17) is 9.47 Å². The zero-order valence-corrected chi connectivity index (χ0v) is 12.3. The highest BCUT2D eigenvalue weighted by Crippen LogP contribution is 2.21. The maximum absolute atomic E-state index is 5.30. The van der Waals surface area contributed by atoms with Crippen LogP contribution in [0.25, 0.3) is 6.08 Å². The van der Waals surface area contributed by atoms with Crippen LogP contribution in [0.5, 0.6) is 5.75 Å². The molecule has 0 saturated heterocycles. The van der Waals surface area contributed by atoms with Gasteiger partial charge in [-0.25, -0.2) is 0 Å². The van der Waals surface area contributed by atoms with Gasteiger partial charge in [0.05, 0.1) is 7.11 Å². The lowest BCUT2D eigenvalue weighted by atomic mass is 10.1. The van der Waals surface area contributed by atoms with Gasteiger partial charge in [0.1, 0.15) is 5.75 Å². The van der Waals surface area contributed by atoms with Crippen LogP contribution in [0, 0.1) is 6.92 Å². The van der Waals surface area contributed by atoms with E-state index in [-0.39, 0.29) is 0 Å². The molecule has 0 saturated carbocycles. The molecule has 0 atom stereocenters. The summed E-state index contributed by atoms with van der Waals surface area (Å²) in [4.78, 5) is 0. The lowest BCUT2D eigenvalue weighted by molar-refractivity contribution is 0.196.